The molecule has 0 saturated carbocycles. The first kappa shape index (κ1) is 17.0. The van der Waals surface area contributed by atoms with Crippen molar-refractivity contribution in [2.75, 3.05) is 10.6 Å². The lowest BCUT2D eigenvalue weighted by Crippen LogP contribution is -2.16. The molecule has 0 bridgehead atoms. The van der Waals surface area contributed by atoms with E-state index in [9.17, 15) is 4.79 Å². The number of aromatic nitrogens is 3. The number of pyridine rings is 1. The van der Waals surface area contributed by atoms with Gasteiger partial charge in [-0.1, -0.05) is 12.1 Å². The Morgan fingerprint density at radius 2 is 2.08 bits per heavy atom. The Kier molecular flexibility index (Phi) is 5.15. The molecule has 0 spiro atoms. The van der Waals surface area contributed by atoms with Crippen molar-refractivity contribution in [3.8, 4) is 6.07 Å². The third-order valence-corrected chi connectivity index (χ3v) is 3.51. The highest BCUT2D eigenvalue weighted by Gasteiger charge is 2.11. The Balaban J connectivity index is 1.74. The minimum Gasteiger partial charge on any atom is -0.350 e. The molecule has 2 aromatic heterocycles. The topological polar surface area (TPSA) is 104 Å². The fourth-order valence-electron chi connectivity index (χ4n) is 2.31. The maximum absolute atomic E-state index is 12.5. The zero-order chi connectivity index (χ0) is 18.4. The van der Waals surface area contributed by atoms with E-state index >= 15 is 0 Å². The predicted molar refractivity (Wildman–Crippen MR) is 97.4 cm³/mol. The number of rotatable bonds is 5. The van der Waals surface area contributed by atoms with Gasteiger partial charge in [-0.05, 0) is 42.8 Å². The summed E-state index contributed by atoms with van der Waals surface area (Å²) in [5, 5.41) is 14.8. The number of carbonyl (C=O) groups excluding carboxylic acids is 1. The van der Waals surface area contributed by atoms with Crippen LogP contribution in [0.3, 0.4) is 0 Å². The Labute approximate surface area is 150 Å². The average Bonchev–Trinajstić information content (AvgIpc) is 2.67. The van der Waals surface area contributed by atoms with Crippen LogP contribution in [0.15, 0.2) is 54.9 Å². The predicted octanol–water partition coefficient (Wildman–Crippen LogP) is 2.92. The van der Waals surface area contributed by atoms with Crippen molar-refractivity contribution in [2.45, 2.75) is 13.5 Å². The van der Waals surface area contributed by atoms with Gasteiger partial charge < -0.3 is 10.6 Å². The van der Waals surface area contributed by atoms with Gasteiger partial charge in [0.15, 0.2) is 0 Å². The molecule has 0 aliphatic rings. The van der Waals surface area contributed by atoms with Crippen molar-refractivity contribution in [1.82, 2.24) is 15.0 Å². The molecule has 3 aromatic rings. The second-order valence-corrected chi connectivity index (χ2v) is 5.58. The minimum atomic E-state index is -0.366. The molecule has 0 saturated heterocycles. The molecule has 1 amide bonds. The van der Waals surface area contributed by atoms with Gasteiger partial charge in [-0.3, -0.25) is 9.78 Å². The molecule has 2 N–H and O–H groups in total. The second-order valence-electron chi connectivity index (χ2n) is 5.58. The lowest BCUT2D eigenvalue weighted by atomic mass is 10.2. The molecule has 1 aromatic carbocycles. The van der Waals surface area contributed by atoms with Gasteiger partial charge in [0.2, 0.25) is 5.95 Å². The first-order valence-electron chi connectivity index (χ1n) is 7.94. The van der Waals surface area contributed by atoms with Gasteiger partial charge in [0.25, 0.3) is 5.91 Å². The van der Waals surface area contributed by atoms with E-state index in [1.807, 2.05) is 18.2 Å². The average molecular weight is 344 g/mol. The zero-order valence-electron chi connectivity index (χ0n) is 14.1. The van der Waals surface area contributed by atoms with E-state index < -0.39 is 0 Å². The summed E-state index contributed by atoms with van der Waals surface area (Å²) in [6.45, 7) is 2.30. The first-order valence-corrected chi connectivity index (χ1v) is 7.94. The number of nitriles is 1. The van der Waals surface area contributed by atoms with E-state index in [1.165, 1.54) is 0 Å². The normalized spacial score (nSPS) is 10.0. The lowest BCUT2D eigenvalue weighted by Gasteiger charge is -2.09. The van der Waals surface area contributed by atoms with Crippen LogP contribution in [0.5, 0.6) is 0 Å². The number of amides is 1. The van der Waals surface area contributed by atoms with Crippen LogP contribution in [-0.4, -0.2) is 20.9 Å². The molecular weight excluding hydrogens is 328 g/mol. The molecule has 7 nitrogen and oxygen atoms in total. The zero-order valence-corrected chi connectivity index (χ0v) is 14.1. The fraction of sp³-hybridized carbons (Fsp3) is 0.105. The van der Waals surface area contributed by atoms with Crippen molar-refractivity contribution < 1.29 is 4.79 Å². The van der Waals surface area contributed by atoms with E-state index in [0.29, 0.717) is 29.4 Å². The summed E-state index contributed by atoms with van der Waals surface area (Å²) < 4.78 is 0. The quantitative estimate of drug-likeness (QED) is 0.737. The van der Waals surface area contributed by atoms with Crippen LogP contribution in [0.2, 0.25) is 0 Å². The summed E-state index contributed by atoms with van der Waals surface area (Å²) in [5.74, 6) is -0.000189. The maximum atomic E-state index is 12.5. The number of benzene rings is 1. The van der Waals surface area contributed by atoms with Crippen molar-refractivity contribution in [1.29, 1.82) is 5.26 Å². The van der Waals surface area contributed by atoms with Crippen LogP contribution in [0.4, 0.5) is 11.6 Å². The van der Waals surface area contributed by atoms with E-state index in [-0.39, 0.29) is 11.6 Å². The van der Waals surface area contributed by atoms with E-state index in [4.69, 9.17) is 5.26 Å². The first-order chi connectivity index (χ1) is 12.6. The smallest absolute Gasteiger partial charge is 0.274 e. The van der Waals surface area contributed by atoms with Crippen LogP contribution in [0.1, 0.15) is 27.3 Å². The Morgan fingerprint density at radius 3 is 2.85 bits per heavy atom. The van der Waals surface area contributed by atoms with Crippen LogP contribution in [-0.2, 0) is 6.54 Å². The molecule has 7 heteroatoms. The molecule has 0 aliphatic carbocycles. The Morgan fingerprint density at radius 1 is 1.19 bits per heavy atom. The van der Waals surface area contributed by atoms with Gasteiger partial charge in [-0.15, -0.1) is 0 Å². The molecular formula is C19H16N6O. The van der Waals surface area contributed by atoms with Gasteiger partial charge in [-0.2, -0.15) is 5.26 Å². The van der Waals surface area contributed by atoms with Crippen LogP contribution in [0.25, 0.3) is 0 Å². The number of anilines is 2. The van der Waals surface area contributed by atoms with Crippen molar-refractivity contribution >= 4 is 17.5 Å². The Hall–Kier alpha value is -3.79. The molecule has 0 atom stereocenters. The largest absolute Gasteiger partial charge is 0.350 e. The van der Waals surface area contributed by atoms with Crippen molar-refractivity contribution in [3.63, 3.8) is 0 Å². The molecule has 0 fully saturated rings. The summed E-state index contributed by atoms with van der Waals surface area (Å²) in [6.07, 6.45) is 3.45. The summed E-state index contributed by atoms with van der Waals surface area (Å²) in [6, 6.07) is 14.1. The summed E-state index contributed by atoms with van der Waals surface area (Å²) in [7, 11) is 0. The molecule has 3 rings (SSSR count). The van der Waals surface area contributed by atoms with Gasteiger partial charge in [0.1, 0.15) is 5.69 Å². The van der Waals surface area contributed by atoms with Gasteiger partial charge >= 0.3 is 0 Å². The number of hydrogen-bond acceptors (Lipinski definition) is 6. The van der Waals surface area contributed by atoms with E-state index in [1.54, 1.807) is 49.6 Å². The standard InChI is InChI=1S/C19H16N6O/c1-13-8-17(18(26)24-16-6-2-4-14(9-16)10-20)25-19(23-13)22-12-15-5-3-7-21-11-15/h2-9,11H,12H2,1H3,(H,24,26)(H,22,23,25). The number of carbonyl (C=O) groups is 1. The third kappa shape index (κ3) is 4.39. The SMILES string of the molecule is Cc1cc(C(=O)Nc2cccc(C#N)c2)nc(NCc2cccnc2)n1. The molecule has 128 valence electrons. The number of nitrogens with one attached hydrogen (secondary N) is 2. The summed E-state index contributed by atoms with van der Waals surface area (Å²) in [4.78, 5) is 25.1. The molecule has 26 heavy (non-hydrogen) atoms. The third-order valence-electron chi connectivity index (χ3n) is 3.51. The lowest BCUT2D eigenvalue weighted by molar-refractivity contribution is 0.102. The number of hydrogen-bond donors (Lipinski definition) is 2. The molecule has 0 aliphatic heterocycles. The van der Waals surface area contributed by atoms with E-state index in [0.717, 1.165) is 5.56 Å². The minimum absolute atomic E-state index is 0.244. The second kappa shape index (κ2) is 7.85. The highest BCUT2D eigenvalue weighted by atomic mass is 16.1. The highest BCUT2D eigenvalue weighted by Crippen LogP contribution is 2.13. The molecule has 0 radical (unpaired) electrons. The van der Waals surface area contributed by atoms with Crippen LogP contribution < -0.4 is 10.6 Å². The highest BCUT2D eigenvalue weighted by molar-refractivity contribution is 6.03. The van der Waals surface area contributed by atoms with Crippen molar-refractivity contribution in [2.24, 2.45) is 0 Å². The number of nitrogens with zero attached hydrogens (tertiary/aromatic N) is 4. The molecule has 2 heterocycles. The van der Waals surface area contributed by atoms with E-state index in [2.05, 4.69) is 25.6 Å². The van der Waals surface area contributed by atoms with Gasteiger partial charge in [-0.25, -0.2) is 9.97 Å². The number of aryl methyl sites for hydroxylation is 1. The summed E-state index contributed by atoms with van der Waals surface area (Å²) >= 11 is 0. The monoisotopic (exact) mass is 344 g/mol. The maximum Gasteiger partial charge on any atom is 0.274 e. The van der Waals surface area contributed by atoms with Gasteiger partial charge in [0, 0.05) is 30.3 Å². The Bertz CT molecular complexity index is 965. The van der Waals surface area contributed by atoms with Crippen LogP contribution in [0, 0.1) is 18.3 Å². The van der Waals surface area contributed by atoms with Crippen molar-refractivity contribution in [3.05, 3.63) is 77.4 Å². The fourth-order valence-corrected chi connectivity index (χ4v) is 2.31. The van der Waals surface area contributed by atoms with Gasteiger partial charge in [0.05, 0.1) is 11.6 Å². The molecule has 0 unspecified atom stereocenters. The summed E-state index contributed by atoms with van der Waals surface area (Å²) in [5.41, 5.74) is 2.91. The van der Waals surface area contributed by atoms with Crippen LogP contribution >= 0.6 is 0 Å².